The Kier molecular flexibility index (Phi) is 6.97. The Morgan fingerprint density at radius 3 is 2.75 bits per heavy atom. The third-order valence-electron chi connectivity index (χ3n) is 9.01. The molecule has 6 atom stereocenters. The number of halogens is 3. The number of nitrogens with one attached hydrogen (secondary N) is 1. The molecular weight excluding hydrogens is 473 g/mol. The minimum Gasteiger partial charge on any atom is -0.379 e. The van der Waals surface area contributed by atoms with Gasteiger partial charge in [0.25, 0.3) is 0 Å². The van der Waals surface area contributed by atoms with Crippen molar-refractivity contribution in [3.05, 3.63) is 23.9 Å². The second-order valence-corrected chi connectivity index (χ2v) is 11.2. The number of piperazine rings is 1. The van der Waals surface area contributed by atoms with Crippen LogP contribution >= 0.6 is 0 Å². The number of carbonyl (C=O) groups is 1. The fourth-order valence-corrected chi connectivity index (χ4v) is 6.86. The molecule has 3 saturated heterocycles. The van der Waals surface area contributed by atoms with Crippen molar-refractivity contribution in [2.75, 3.05) is 38.3 Å². The smallest absolute Gasteiger partial charge is 0.379 e. The molecule has 1 N–H and O–H groups in total. The Morgan fingerprint density at radius 1 is 1.28 bits per heavy atom. The number of ether oxygens (including phenoxy) is 2. The van der Waals surface area contributed by atoms with Crippen LogP contribution in [0.25, 0.3) is 0 Å². The Balaban J connectivity index is 1.26. The van der Waals surface area contributed by atoms with Crippen molar-refractivity contribution in [3.8, 4) is 0 Å². The molecule has 1 aliphatic carbocycles. The lowest BCUT2D eigenvalue weighted by Gasteiger charge is -2.42. The second-order valence-electron chi connectivity index (χ2n) is 11.2. The first kappa shape index (κ1) is 25.7. The maximum absolute atomic E-state index is 14.1. The van der Waals surface area contributed by atoms with Gasteiger partial charge in [0.1, 0.15) is 5.82 Å². The quantitative estimate of drug-likeness (QED) is 0.632. The van der Waals surface area contributed by atoms with Crippen molar-refractivity contribution in [3.63, 3.8) is 0 Å². The molecule has 3 aliphatic heterocycles. The Bertz CT molecular complexity index is 961. The van der Waals surface area contributed by atoms with E-state index in [0.29, 0.717) is 32.1 Å². The van der Waals surface area contributed by atoms with Crippen LogP contribution < -0.4 is 10.2 Å². The maximum Gasteiger partial charge on any atom is 0.416 e. The molecular formula is C26H37F3N4O3. The zero-order valence-electron chi connectivity index (χ0n) is 21.3. The molecule has 0 aromatic carbocycles. The van der Waals surface area contributed by atoms with Gasteiger partial charge < -0.3 is 24.6 Å². The highest BCUT2D eigenvalue weighted by Crippen LogP contribution is 2.48. The average molecular weight is 511 g/mol. The lowest BCUT2D eigenvalue weighted by Crippen LogP contribution is -2.55. The molecule has 4 aliphatic rings. The van der Waals surface area contributed by atoms with Crippen LogP contribution in [0.2, 0.25) is 0 Å². The van der Waals surface area contributed by atoms with Crippen molar-refractivity contribution in [2.24, 2.45) is 11.3 Å². The Morgan fingerprint density at radius 2 is 2.08 bits per heavy atom. The molecule has 200 valence electrons. The van der Waals surface area contributed by atoms with E-state index in [0.717, 1.165) is 44.2 Å². The molecule has 1 aromatic heterocycles. The van der Waals surface area contributed by atoms with E-state index in [4.69, 9.17) is 9.47 Å². The average Bonchev–Trinajstić information content (AvgIpc) is 3.58. The van der Waals surface area contributed by atoms with E-state index in [-0.39, 0.29) is 42.1 Å². The first-order valence-corrected chi connectivity index (χ1v) is 13.1. The molecule has 1 aromatic rings. The number of hydrogen-bond acceptors (Lipinski definition) is 6. The van der Waals surface area contributed by atoms with Crippen molar-refractivity contribution in [1.82, 2.24) is 15.2 Å². The highest BCUT2D eigenvalue weighted by atomic mass is 19.4. The topological polar surface area (TPSA) is 66.9 Å². The zero-order chi connectivity index (χ0) is 25.7. The molecule has 2 bridgehead atoms. The van der Waals surface area contributed by atoms with Crippen LogP contribution in [0.4, 0.5) is 19.0 Å². The van der Waals surface area contributed by atoms with E-state index in [2.05, 4.69) is 24.1 Å². The number of alkyl halides is 3. The van der Waals surface area contributed by atoms with Crippen molar-refractivity contribution >= 4 is 11.7 Å². The molecule has 0 unspecified atom stereocenters. The molecule has 7 nitrogen and oxygen atoms in total. The van der Waals surface area contributed by atoms with Gasteiger partial charge in [-0.15, -0.1) is 0 Å². The number of methoxy groups -OCH3 is 1. The van der Waals surface area contributed by atoms with Gasteiger partial charge >= 0.3 is 6.18 Å². The Hall–Kier alpha value is -1.91. The normalized spacial score (nSPS) is 34.7. The van der Waals surface area contributed by atoms with Crippen molar-refractivity contribution in [1.29, 1.82) is 0 Å². The van der Waals surface area contributed by atoms with Gasteiger partial charge in [0.2, 0.25) is 5.91 Å². The summed E-state index contributed by atoms with van der Waals surface area (Å²) in [7, 11) is 1.71. The SMILES string of the molecule is CO[C@@H]1COCC[C@@H]1N[C@@H]1CC[C@@](C(=O)N2C[C@@H]3C[C@H]2CN3c2cc(C(F)(F)F)ccn2)(C(C)C)C1. The van der Waals surface area contributed by atoms with E-state index >= 15 is 0 Å². The van der Waals surface area contributed by atoms with Gasteiger partial charge in [-0.1, -0.05) is 13.8 Å². The van der Waals surface area contributed by atoms with Crippen LogP contribution in [-0.2, 0) is 20.4 Å². The fourth-order valence-electron chi connectivity index (χ4n) is 6.86. The van der Waals surface area contributed by atoms with Crippen molar-refractivity contribution in [2.45, 2.75) is 82.4 Å². The van der Waals surface area contributed by atoms with E-state index in [1.807, 2.05) is 9.80 Å². The molecule has 1 amide bonds. The summed E-state index contributed by atoms with van der Waals surface area (Å²) in [4.78, 5) is 22.2. The van der Waals surface area contributed by atoms with E-state index in [1.165, 1.54) is 6.20 Å². The Labute approximate surface area is 210 Å². The van der Waals surface area contributed by atoms with Crippen molar-refractivity contribution < 1.29 is 27.4 Å². The second kappa shape index (κ2) is 9.76. The molecule has 5 rings (SSSR count). The standard InChI is InChI=1S/C26H37F3N4O3/c1-16(2)25(7-4-18(12-25)31-21-6-9-36-15-22(21)35-3)24(34)33-14-19-11-20(33)13-32(19)23-10-17(5-8-30-23)26(27,28)29/h5,8,10,16,18-22,31H,4,6-7,9,11-15H2,1-3H3/t18-,19+,20+,21+,22-,25+/m1/s1. The summed E-state index contributed by atoms with van der Waals surface area (Å²) < 4.78 is 50.8. The number of amides is 1. The van der Waals surface area contributed by atoms with Gasteiger partial charge in [-0.05, 0) is 50.2 Å². The van der Waals surface area contributed by atoms with E-state index in [9.17, 15) is 18.0 Å². The number of pyridine rings is 1. The highest BCUT2D eigenvalue weighted by molar-refractivity contribution is 5.84. The third kappa shape index (κ3) is 4.60. The predicted octanol–water partition coefficient (Wildman–Crippen LogP) is 3.48. The minimum atomic E-state index is -4.40. The summed E-state index contributed by atoms with van der Waals surface area (Å²) in [6, 6.07) is 2.61. The van der Waals surface area contributed by atoms with Gasteiger partial charge in [-0.3, -0.25) is 4.79 Å². The summed E-state index contributed by atoms with van der Waals surface area (Å²) in [5, 5.41) is 3.77. The van der Waals surface area contributed by atoms with Crippen LogP contribution in [0.1, 0.15) is 51.5 Å². The largest absolute Gasteiger partial charge is 0.416 e. The van der Waals surface area contributed by atoms with E-state index < -0.39 is 17.2 Å². The number of anilines is 1. The van der Waals surface area contributed by atoms with Gasteiger partial charge in [-0.2, -0.15) is 13.2 Å². The lowest BCUT2D eigenvalue weighted by molar-refractivity contribution is -0.146. The van der Waals surface area contributed by atoms with Crippen LogP contribution in [0.5, 0.6) is 0 Å². The molecule has 1 saturated carbocycles. The monoisotopic (exact) mass is 510 g/mol. The van der Waals surface area contributed by atoms with Crippen LogP contribution in [-0.4, -0.2) is 79.5 Å². The van der Waals surface area contributed by atoms with E-state index in [1.54, 1.807) is 7.11 Å². The molecule has 36 heavy (non-hydrogen) atoms. The molecule has 4 heterocycles. The van der Waals surface area contributed by atoms with Gasteiger partial charge in [0.15, 0.2) is 0 Å². The third-order valence-corrected chi connectivity index (χ3v) is 9.01. The lowest BCUT2D eigenvalue weighted by atomic mass is 9.74. The number of fused-ring (bicyclic) bond motifs is 2. The molecule has 4 fully saturated rings. The molecule has 0 spiro atoms. The number of aromatic nitrogens is 1. The number of rotatable bonds is 6. The zero-order valence-corrected chi connectivity index (χ0v) is 21.3. The molecule has 0 radical (unpaired) electrons. The summed E-state index contributed by atoms with van der Waals surface area (Å²) in [6.45, 7) is 6.65. The van der Waals surface area contributed by atoms with Gasteiger partial charge in [0, 0.05) is 45.1 Å². The predicted molar refractivity (Wildman–Crippen MR) is 129 cm³/mol. The first-order chi connectivity index (χ1) is 17.1. The number of carbonyl (C=O) groups excluding carboxylic acids is 1. The van der Waals surface area contributed by atoms with Crippen LogP contribution in [0.3, 0.4) is 0 Å². The fraction of sp³-hybridized carbons (Fsp3) is 0.769. The summed E-state index contributed by atoms with van der Waals surface area (Å²) in [5.74, 6) is 0.753. The maximum atomic E-state index is 14.1. The molecule has 10 heteroatoms. The summed E-state index contributed by atoms with van der Waals surface area (Å²) >= 11 is 0. The summed E-state index contributed by atoms with van der Waals surface area (Å²) in [6.07, 6.45) is 1.10. The number of nitrogens with zero attached hydrogens (tertiary/aromatic N) is 3. The number of hydrogen-bond donors (Lipinski definition) is 1. The summed E-state index contributed by atoms with van der Waals surface area (Å²) in [5.41, 5.74) is -1.11. The number of likely N-dealkylation sites (tertiary alicyclic amines) is 1. The van der Waals surface area contributed by atoms with Gasteiger partial charge in [-0.25, -0.2) is 4.98 Å². The van der Waals surface area contributed by atoms with Gasteiger partial charge in [0.05, 0.1) is 35.8 Å². The van der Waals surface area contributed by atoms with Crippen LogP contribution in [0.15, 0.2) is 18.3 Å². The van der Waals surface area contributed by atoms with Crippen LogP contribution in [0, 0.1) is 11.3 Å². The highest BCUT2D eigenvalue weighted by Gasteiger charge is 2.54. The minimum absolute atomic E-state index is 0.000768. The first-order valence-electron chi connectivity index (χ1n) is 13.1.